The SMILES string of the molecule is CCCCN(CCCC)CCCCCCCCCCO.CCCCN(CCCC)CCCCCCCCO. The molecule has 4 heteroatoms. The molecule has 0 unspecified atom stereocenters. The fourth-order valence-corrected chi connectivity index (χ4v) is 4.86. The van der Waals surface area contributed by atoms with Crippen molar-refractivity contribution < 1.29 is 10.2 Å². The number of aliphatic hydroxyl groups excluding tert-OH is 2. The lowest BCUT2D eigenvalue weighted by molar-refractivity contribution is 0.258. The molecule has 38 heavy (non-hydrogen) atoms. The van der Waals surface area contributed by atoms with Crippen molar-refractivity contribution >= 4 is 0 Å². The van der Waals surface area contributed by atoms with E-state index in [1.54, 1.807) is 0 Å². The highest BCUT2D eigenvalue weighted by atomic mass is 16.3. The van der Waals surface area contributed by atoms with Crippen LogP contribution >= 0.6 is 0 Å². The summed E-state index contributed by atoms with van der Waals surface area (Å²) in [6.45, 7) is 17.6. The molecule has 0 aromatic rings. The van der Waals surface area contributed by atoms with Gasteiger partial charge in [-0.25, -0.2) is 0 Å². The summed E-state index contributed by atoms with van der Waals surface area (Å²) in [6.07, 6.45) is 28.6. The normalized spacial score (nSPS) is 11.4. The summed E-state index contributed by atoms with van der Waals surface area (Å²) in [7, 11) is 0. The second kappa shape index (κ2) is 36.8. The van der Waals surface area contributed by atoms with Crippen molar-refractivity contribution in [3.05, 3.63) is 0 Å². The van der Waals surface area contributed by atoms with Crippen LogP contribution in [0, 0.1) is 0 Å². The van der Waals surface area contributed by atoms with E-state index in [1.165, 1.54) is 168 Å². The minimum Gasteiger partial charge on any atom is -0.396 e. The highest BCUT2D eigenvalue weighted by Gasteiger charge is 2.04. The average molecular weight is 543 g/mol. The summed E-state index contributed by atoms with van der Waals surface area (Å²) in [6, 6.07) is 0. The zero-order chi connectivity index (χ0) is 28.4. The molecule has 0 bridgehead atoms. The standard InChI is InChI=1S/C18H39NO.C16H35NO/c1-3-5-15-19(16-6-4-2)17-13-11-9-7-8-10-12-14-18-20;1-3-5-13-17(14-6-4-2)15-11-9-7-8-10-12-16-18/h20H,3-18H2,1-2H3;18H,3-16H2,1-2H3. The smallest absolute Gasteiger partial charge is 0.0431 e. The molecule has 0 amide bonds. The highest BCUT2D eigenvalue weighted by Crippen LogP contribution is 2.10. The molecule has 0 fully saturated rings. The zero-order valence-electron chi connectivity index (χ0n) is 27.0. The number of hydrogen-bond acceptors (Lipinski definition) is 4. The fourth-order valence-electron chi connectivity index (χ4n) is 4.86. The zero-order valence-corrected chi connectivity index (χ0v) is 27.0. The largest absolute Gasteiger partial charge is 0.396 e. The van der Waals surface area contributed by atoms with Crippen LogP contribution in [0.2, 0.25) is 0 Å². The van der Waals surface area contributed by atoms with Crippen molar-refractivity contribution in [2.75, 3.05) is 52.5 Å². The van der Waals surface area contributed by atoms with Gasteiger partial charge in [-0.1, -0.05) is 118 Å². The van der Waals surface area contributed by atoms with E-state index < -0.39 is 0 Å². The average Bonchev–Trinajstić information content (AvgIpc) is 2.94. The Balaban J connectivity index is 0. The van der Waals surface area contributed by atoms with Crippen LogP contribution in [0.15, 0.2) is 0 Å². The third-order valence-electron chi connectivity index (χ3n) is 7.58. The van der Waals surface area contributed by atoms with Crippen LogP contribution in [0.3, 0.4) is 0 Å². The van der Waals surface area contributed by atoms with E-state index in [1.807, 2.05) is 0 Å². The number of aliphatic hydroxyl groups is 2. The van der Waals surface area contributed by atoms with Gasteiger partial charge in [0.2, 0.25) is 0 Å². The topological polar surface area (TPSA) is 46.9 Å². The third kappa shape index (κ3) is 33.9. The Morgan fingerprint density at radius 3 is 0.737 bits per heavy atom. The summed E-state index contributed by atoms with van der Waals surface area (Å²) in [5.41, 5.74) is 0. The predicted molar refractivity (Wildman–Crippen MR) is 171 cm³/mol. The minimum atomic E-state index is 0.363. The molecule has 232 valence electrons. The van der Waals surface area contributed by atoms with Crippen LogP contribution in [0.5, 0.6) is 0 Å². The second-order valence-corrected chi connectivity index (χ2v) is 11.5. The van der Waals surface area contributed by atoms with Crippen molar-refractivity contribution in [1.82, 2.24) is 9.80 Å². The van der Waals surface area contributed by atoms with Crippen LogP contribution in [0.1, 0.15) is 169 Å². The first-order valence-corrected chi connectivity index (χ1v) is 17.4. The molecule has 0 saturated heterocycles. The molecule has 2 N–H and O–H groups in total. The molecule has 0 aromatic heterocycles. The van der Waals surface area contributed by atoms with Gasteiger partial charge in [-0.05, 0) is 90.6 Å². The molecule has 0 aliphatic heterocycles. The molecule has 0 spiro atoms. The molecule has 0 heterocycles. The van der Waals surface area contributed by atoms with Crippen molar-refractivity contribution in [2.45, 2.75) is 169 Å². The molecular weight excluding hydrogens is 468 g/mol. The lowest BCUT2D eigenvalue weighted by Crippen LogP contribution is -2.27. The maximum Gasteiger partial charge on any atom is 0.0431 e. The number of hydrogen-bond donors (Lipinski definition) is 2. The Morgan fingerprint density at radius 1 is 0.289 bits per heavy atom. The Hall–Kier alpha value is -0.160. The van der Waals surface area contributed by atoms with Crippen LogP contribution in [0.25, 0.3) is 0 Å². The highest BCUT2D eigenvalue weighted by molar-refractivity contribution is 4.60. The molecule has 0 aromatic carbocycles. The molecule has 4 nitrogen and oxygen atoms in total. The van der Waals surface area contributed by atoms with Gasteiger partial charge in [-0.2, -0.15) is 0 Å². The van der Waals surface area contributed by atoms with E-state index in [0.717, 1.165) is 12.8 Å². The van der Waals surface area contributed by atoms with Gasteiger partial charge in [0, 0.05) is 13.2 Å². The van der Waals surface area contributed by atoms with Gasteiger partial charge in [0.1, 0.15) is 0 Å². The molecule has 0 rings (SSSR count). The van der Waals surface area contributed by atoms with Gasteiger partial charge in [-0.15, -0.1) is 0 Å². The lowest BCUT2D eigenvalue weighted by Gasteiger charge is -2.21. The molecule has 0 aliphatic rings. The van der Waals surface area contributed by atoms with E-state index in [2.05, 4.69) is 37.5 Å². The van der Waals surface area contributed by atoms with Crippen LogP contribution < -0.4 is 0 Å². The summed E-state index contributed by atoms with van der Waals surface area (Å²) in [5.74, 6) is 0. The first-order valence-electron chi connectivity index (χ1n) is 17.4. The van der Waals surface area contributed by atoms with Crippen molar-refractivity contribution in [3.8, 4) is 0 Å². The van der Waals surface area contributed by atoms with E-state index in [9.17, 15) is 0 Å². The van der Waals surface area contributed by atoms with E-state index in [-0.39, 0.29) is 0 Å². The number of nitrogens with zero attached hydrogens (tertiary/aromatic N) is 2. The first-order chi connectivity index (χ1) is 18.7. The van der Waals surface area contributed by atoms with Crippen molar-refractivity contribution in [2.24, 2.45) is 0 Å². The summed E-state index contributed by atoms with van der Waals surface area (Å²) >= 11 is 0. The van der Waals surface area contributed by atoms with E-state index in [4.69, 9.17) is 10.2 Å². The van der Waals surface area contributed by atoms with E-state index in [0.29, 0.717) is 13.2 Å². The quantitative estimate of drug-likeness (QED) is 0.0888. The summed E-state index contributed by atoms with van der Waals surface area (Å²) < 4.78 is 0. The van der Waals surface area contributed by atoms with Crippen molar-refractivity contribution in [1.29, 1.82) is 0 Å². The monoisotopic (exact) mass is 543 g/mol. The van der Waals surface area contributed by atoms with Gasteiger partial charge >= 0.3 is 0 Å². The van der Waals surface area contributed by atoms with Gasteiger partial charge in [-0.3, -0.25) is 0 Å². The van der Waals surface area contributed by atoms with Gasteiger partial charge in [0.15, 0.2) is 0 Å². The van der Waals surface area contributed by atoms with Crippen LogP contribution in [-0.4, -0.2) is 72.5 Å². The summed E-state index contributed by atoms with van der Waals surface area (Å²) in [5, 5.41) is 17.4. The minimum absolute atomic E-state index is 0.363. The van der Waals surface area contributed by atoms with Gasteiger partial charge < -0.3 is 20.0 Å². The number of rotatable bonds is 30. The molecular formula is C34H74N2O2. The first kappa shape index (κ1) is 40.0. The maximum absolute atomic E-state index is 8.71. The van der Waals surface area contributed by atoms with Crippen LogP contribution in [-0.2, 0) is 0 Å². The second-order valence-electron chi connectivity index (χ2n) is 11.5. The fraction of sp³-hybridized carbons (Fsp3) is 1.00. The van der Waals surface area contributed by atoms with Gasteiger partial charge in [0.25, 0.3) is 0 Å². The van der Waals surface area contributed by atoms with Crippen molar-refractivity contribution in [3.63, 3.8) is 0 Å². The Morgan fingerprint density at radius 2 is 0.500 bits per heavy atom. The van der Waals surface area contributed by atoms with Gasteiger partial charge in [0.05, 0.1) is 0 Å². The Kier molecular flexibility index (Phi) is 38.8. The van der Waals surface area contributed by atoms with E-state index >= 15 is 0 Å². The maximum atomic E-state index is 8.71. The Labute approximate surface area is 241 Å². The van der Waals surface area contributed by atoms with Crippen LogP contribution in [0.4, 0.5) is 0 Å². The molecule has 0 atom stereocenters. The number of unbranched alkanes of at least 4 members (excludes halogenated alkanes) is 16. The molecule has 0 radical (unpaired) electrons. The molecule has 0 saturated carbocycles. The Bertz CT molecular complexity index is 379. The third-order valence-corrected chi connectivity index (χ3v) is 7.58. The molecule has 0 aliphatic carbocycles. The lowest BCUT2D eigenvalue weighted by atomic mass is 10.1. The summed E-state index contributed by atoms with van der Waals surface area (Å²) in [4.78, 5) is 5.33. The predicted octanol–water partition coefficient (Wildman–Crippen LogP) is 9.22.